The Morgan fingerprint density at radius 2 is 2.00 bits per heavy atom. The molecule has 0 bridgehead atoms. The van der Waals surface area contributed by atoms with Gasteiger partial charge in [0.15, 0.2) is 0 Å². The summed E-state index contributed by atoms with van der Waals surface area (Å²) in [4.78, 5) is 13.0. The van der Waals surface area contributed by atoms with E-state index in [1.807, 2.05) is 0 Å². The average Bonchev–Trinajstić information content (AvgIpc) is 2.29. The predicted octanol–water partition coefficient (Wildman–Crippen LogP) is 1.80. The summed E-state index contributed by atoms with van der Waals surface area (Å²) in [5.41, 5.74) is 0. The molecule has 94 valence electrons. The van der Waals surface area contributed by atoms with Crippen LogP contribution in [0.3, 0.4) is 0 Å². The van der Waals surface area contributed by atoms with Gasteiger partial charge in [0.25, 0.3) is 0 Å². The van der Waals surface area contributed by atoms with E-state index in [2.05, 4.69) is 0 Å². The van der Waals surface area contributed by atoms with Crippen molar-refractivity contribution in [2.75, 3.05) is 19.8 Å². The molecular formula is C12H16FNO2S. The molecule has 0 radical (unpaired) electrons. The predicted molar refractivity (Wildman–Crippen MR) is 65.6 cm³/mol. The molecule has 0 spiro atoms. The third kappa shape index (κ3) is 4.26. The molecular weight excluding hydrogens is 241 g/mol. The summed E-state index contributed by atoms with van der Waals surface area (Å²) in [5.74, 6) is -0.152. The molecule has 1 atom stereocenters. The highest BCUT2D eigenvalue weighted by molar-refractivity contribution is 7.85. The summed E-state index contributed by atoms with van der Waals surface area (Å²) < 4.78 is 25.0. The van der Waals surface area contributed by atoms with Crippen LogP contribution < -0.4 is 0 Å². The van der Waals surface area contributed by atoms with Crippen molar-refractivity contribution in [3.05, 3.63) is 30.1 Å². The Labute approximate surface area is 103 Å². The first-order chi connectivity index (χ1) is 8.02. The molecule has 1 aromatic rings. The van der Waals surface area contributed by atoms with Crippen molar-refractivity contribution < 1.29 is 13.4 Å². The minimum Gasteiger partial charge on any atom is -0.349 e. The summed E-state index contributed by atoms with van der Waals surface area (Å²) in [6.45, 7) is 0. The lowest BCUT2D eigenvalue weighted by molar-refractivity contribution is -0.128. The van der Waals surface area contributed by atoms with Crippen molar-refractivity contribution in [3.8, 4) is 0 Å². The third-order valence-corrected chi connectivity index (χ3v) is 3.78. The van der Waals surface area contributed by atoms with E-state index in [0.717, 1.165) is 0 Å². The fourth-order valence-electron chi connectivity index (χ4n) is 1.32. The van der Waals surface area contributed by atoms with Gasteiger partial charge in [-0.3, -0.25) is 9.00 Å². The number of hydrogen-bond donors (Lipinski definition) is 0. The van der Waals surface area contributed by atoms with Crippen LogP contribution in [-0.4, -0.2) is 34.9 Å². The molecule has 1 aromatic carbocycles. The monoisotopic (exact) mass is 257 g/mol. The maximum Gasteiger partial charge on any atom is 0.222 e. The van der Waals surface area contributed by atoms with E-state index in [1.165, 1.54) is 17.0 Å². The van der Waals surface area contributed by atoms with Gasteiger partial charge in [0.1, 0.15) is 5.82 Å². The molecule has 0 aliphatic heterocycles. The number of rotatable bonds is 5. The van der Waals surface area contributed by atoms with Gasteiger partial charge >= 0.3 is 0 Å². The van der Waals surface area contributed by atoms with E-state index in [4.69, 9.17) is 0 Å². The molecule has 1 unspecified atom stereocenters. The largest absolute Gasteiger partial charge is 0.349 e. The smallest absolute Gasteiger partial charge is 0.222 e. The van der Waals surface area contributed by atoms with Crippen LogP contribution in [0.2, 0.25) is 0 Å². The molecule has 17 heavy (non-hydrogen) atoms. The van der Waals surface area contributed by atoms with Gasteiger partial charge in [0.05, 0.1) is 15.7 Å². The van der Waals surface area contributed by atoms with Crippen LogP contribution in [0, 0.1) is 5.82 Å². The summed E-state index contributed by atoms with van der Waals surface area (Å²) in [7, 11) is 1.98. The van der Waals surface area contributed by atoms with Crippen molar-refractivity contribution >= 4 is 16.7 Å². The molecule has 5 heteroatoms. The van der Waals surface area contributed by atoms with E-state index in [-0.39, 0.29) is 10.8 Å². The number of benzene rings is 1. The third-order valence-electron chi connectivity index (χ3n) is 2.30. The lowest BCUT2D eigenvalue weighted by Crippen LogP contribution is -2.21. The Morgan fingerprint density at radius 1 is 1.35 bits per heavy atom. The van der Waals surface area contributed by atoms with Crippen LogP contribution in [0.5, 0.6) is 0 Å². The van der Waals surface area contributed by atoms with Crippen molar-refractivity contribution in [1.82, 2.24) is 4.90 Å². The number of carbonyl (C=O) groups excluding carboxylic acids is 1. The van der Waals surface area contributed by atoms with E-state index in [9.17, 15) is 13.4 Å². The summed E-state index contributed by atoms with van der Waals surface area (Å²) in [6.07, 6.45) is 0.838. The maximum absolute atomic E-state index is 13.3. The number of amides is 1. The molecule has 0 heterocycles. The fraction of sp³-hybridized carbons (Fsp3) is 0.417. The van der Waals surface area contributed by atoms with Crippen LogP contribution >= 0.6 is 0 Å². The van der Waals surface area contributed by atoms with Crippen LogP contribution in [0.15, 0.2) is 29.2 Å². The van der Waals surface area contributed by atoms with Gasteiger partial charge in [-0.25, -0.2) is 4.39 Å². The molecule has 0 aliphatic rings. The zero-order chi connectivity index (χ0) is 12.8. The van der Waals surface area contributed by atoms with Crippen LogP contribution in [0.25, 0.3) is 0 Å². The van der Waals surface area contributed by atoms with Gasteiger partial charge in [0.2, 0.25) is 5.91 Å². The Balaban J connectivity index is 2.46. The highest BCUT2D eigenvalue weighted by atomic mass is 32.2. The maximum atomic E-state index is 13.3. The quantitative estimate of drug-likeness (QED) is 0.806. The van der Waals surface area contributed by atoms with Gasteiger partial charge in [-0.2, -0.15) is 0 Å². The van der Waals surface area contributed by atoms with Crippen molar-refractivity contribution in [3.63, 3.8) is 0 Å². The number of halogens is 1. The summed E-state index contributed by atoms with van der Waals surface area (Å²) in [6, 6.07) is 6.02. The summed E-state index contributed by atoms with van der Waals surface area (Å²) in [5, 5.41) is 0. The van der Waals surface area contributed by atoms with E-state index < -0.39 is 16.6 Å². The van der Waals surface area contributed by atoms with Crippen LogP contribution in [0.1, 0.15) is 12.8 Å². The minimum atomic E-state index is -1.37. The molecule has 1 amide bonds. The zero-order valence-electron chi connectivity index (χ0n) is 9.98. The van der Waals surface area contributed by atoms with Crippen molar-refractivity contribution in [2.24, 2.45) is 0 Å². The number of carbonyl (C=O) groups is 1. The normalized spacial score (nSPS) is 12.2. The molecule has 0 fully saturated rings. The van der Waals surface area contributed by atoms with Crippen molar-refractivity contribution in [1.29, 1.82) is 0 Å². The fourth-order valence-corrected chi connectivity index (χ4v) is 2.46. The topological polar surface area (TPSA) is 37.4 Å². The first-order valence-electron chi connectivity index (χ1n) is 5.35. The zero-order valence-corrected chi connectivity index (χ0v) is 10.8. The molecule has 0 aromatic heterocycles. The Hall–Kier alpha value is -1.23. The molecule has 3 nitrogen and oxygen atoms in total. The van der Waals surface area contributed by atoms with Gasteiger partial charge in [-0.15, -0.1) is 0 Å². The van der Waals surface area contributed by atoms with Crippen molar-refractivity contribution in [2.45, 2.75) is 17.7 Å². The summed E-state index contributed by atoms with van der Waals surface area (Å²) >= 11 is 0. The standard InChI is InChI=1S/C12H16FNO2S/c1-14(2)12(15)8-5-9-17(16)11-7-4-3-6-10(11)13/h3-4,6-7H,5,8-9H2,1-2H3. The van der Waals surface area contributed by atoms with Gasteiger partial charge in [-0.05, 0) is 18.6 Å². The highest BCUT2D eigenvalue weighted by Crippen LogP contribution is 2.12. The van der Waals surface area contributed by atoms with E-state index in [0.29, 0.717) is 18.6 Å². The second kappa shape index (κ2) is 6.49. The minimum absolute atomic E-state index is 0.00414. The Kier molecular flexibility index (Phi) is 5.28. The highest BCUT2D eigenvalue weighted by Gasteiger charge is 2.10. The van der Waals surface area contributed by atoms with Crippen LogP contribution in [0.4, 0.5) is 4.39 Å². The van der Waals surface area contributed by atoms with Gasteiger partial charge in [-0.1, -0.05) is 12.1 Å². The van der Waals surface area contributed by atoms with Crippen LogP contribution in [-0.2, 0) is 15.6 Å². The second-order valence-electron chi connectivity index (χ2n) is 3.87. The SMILES string of the molecule is CN(C)C(=O)CCCS(=O)c1ccccc1F. The van der Waals surface area contributed by atoms with E-state index in [1.54, 1.807) is 26.2 Å². The number of nitrogens with zero attached hydrogens (tertiary/aromatic N) is 1. The Morgan fingerprint density at radius 3 is 2.59 bits per heavy atom. The van der Waals surface area contributed by atoms with Gasteiger partial charge < -0.3 is 4.90 Å². The second-order valence-corrected chi connectivity index (χ2v) is 5.41. The number of hydrogen-bond acceptors (Lipinski definition) is 2. The molecule has 0 saturated carbocycles. The van der Waals surface area contributed by atoms with Gasteiger partial charge in [0, 0.05) is 26.3 Å². The molecule has 0 N–H and O–H groups in total. The van der Waals surface area contributed by atoms with E-state index >= 15 is 0 Å². The average molecular weight is 257 g/mol. The molecule has 0 aliphatic carbocycles. The Bertz CT molecular complexity index is 421. The first-order valence-corrected chi connectivity index (χ1v) is 6.67. The lowest BCUT2D eigenvalue weighted by atomic mass is 10.3. The molecule has 0 saturated heterocycles. The first kappa shape index (κ1) is 13.8. The lowest BCUT2D eigenvalue weighted by Gasteiger charge is -2.09. The molecule has 1 rings (SSSR count).